The number of aromatic nitrogens is 3. The van der Waals surface area contributed by atoms with Gasteiger partial charge >= 0.3 is 0 Å². The van der Waals surface area contributed by atoms with Crippen LogP contribution in [0.25, 0.3) is 0 Å². The molecule has 4 rings (SSSR count). The normalized spacial score (nSPS) is 15.4. The zero-order valence-electron chi connectivity index (χ0n) is 16.6. The molecule has 154 valence electrons. The third-order valence-electron chi connectivity index (χ3n) is 4.80. The van der Waals surface area contributed by atoms with E-state index in [4.69, 9.17) is 4.74 Å². The quantitative estimate of drug-likeness (QED) is 0.600. The van der Waals surface area contributed by atoms with Gasteiger partial charge in [0.1, 0.15) is 17.6 Å². The maximum Gasteiger partial charge on any atom is 0.255 e. The largest absolute Gasteiger partial charge is 0.495 e. The molecule has 0 saturated heterocycles. The molecule has 2 aromatic carbocycles. The molecule has 0 fully saturated rings. The van der Waals surface area contributed by atoms with E-state index in [1.807, 2.05) is 25.3 Å². The zero-order chi connectivity index (χ0) is 21.3. The first-order chi connectivity index (χ1) is 14.5. The van der Waals surface area contributed by atoms with Crippen molar-refractivity contribution in [3.63, 3.8) is 0 Å². The minimum Gasteiger partial charge on any atom is -0.495 e. The molecule has 2 N–H and O–H groups in total. The van der Waals surface area contributed by atoms with Crippen molar-refractivity contribution in [2.45, 2.75) is 18.1 Å². The van der Waals surface area contributed by atoms with Crippen LogP contribution in [-0.4, -0.2) is 34.0 Å². The van der Waals surface area contributed by atoms with Crippen LogP contribution in [0.3, 0.4) is 0 Å². The summed E-state index contributed by atoms with van der Waals surface area (Å²) in [4.78, 5) is 17.8. The topological polar surface area (TPSA) is 81.1 Å². The van der Waals surface area contributed by atoms with Crippen LogP contribution in [0.4, 0.5) is 16.0 Å². The Morgan fingerprint density at radius 3 is 2.67 bits per heavy atom. The van der Waals surface area contributed by atoms with Crippen LogP contribution < -0.4 is 15.4 Å². The zero-order valence-corrected chi connectivity index (χ0v) is 17.5. The second-order valence-electron chi connectivity index (χ2n) is 6.64. The summed E-state index contributed by atoms with van der Waals surface area (Å²) in [7, 11) is 1.55. The van der Waals surface area contributed by atoms with Crippen LogP contribution in [0.5, 0.6) is 5.75 Å². The van der Waals surface area contributed by atoms with Gasteiger partial charge in [0.15, 0.2) is 0 Å². The fourth-order valence-electron chi connectivity index (χ4n) is 3.40. The fraction of sp³-hybridized carbons (Fsp3) is 0.190. The van der Waals surface area contributed by atoms with Crippen LogP contribution in [-0.2, 0) is 4.79 Å². The standard InChI is InChI=1S/C21H20FN5O2S/c1-12-17(19(28)24-15-6-4-5-7-16(15)29-2)18(13-8-10-14(22)11-9-13)27-20(23-12)25-21(26-27)30-3/h4-11,18H,1-3H3,(H,24,28)(H,23,25,26)/t18-/m1/s1. The van der Waals surface area contributed by atoms with Crippen molar-refractivity contribution in [1.29, 1.82) is 0 Å². The van der Waals surface area contributed by atoms with Gasteiger partial charge in [-0.05, 0) is 43.0 Å². The number of rotatable bonds is 5. The van der Waals surface area contributed by atoms with Gasteiger partial charge in [-0.3, -0.25) is 4.79 Å². The highest BCUT2D eigenvalue weighted by Gasteiger charge is 2.34. The Morgan fingerprint density at radius 1 is 1.23 bits per heavy atom. The lowest BCUT2D eigenvalue weighted by atomic mass is 9.95. The lowest BCUT2D eigenvalue weighted by Crippen LogP contribution is -2.31. The first-order valence-electron chi connectivity index (χ1n) is 9.20. The highest BCUT2D eigenvalue weighted by Crippen LogP contribution is 2.37. The number of allylic oxidation sites excluding steroid dienone is 1. The molecule has 0 saturated carbocycles. The van der Waals surface area contributed by atoms with E-state index >= 15 is 0 Å². The Kier molecular flexibility index (Phi) is 5.45. The number of carbonyl (C=O) groups is 1. The number of amides is 1. The van der Waals surface area contributed by atoms with E-state index in [2.05, 4.69) is 20.7 Å². The molecular formula is C21H20FN5O2S. The van der Waals surface area contributed by atoms with E-state index in [1.165, 1.54) is 23.9 Å². The maximum absolute atomic E-state index is 13.6. The summed E-state index contributed by atoms with van der Waals surface area (Å²) in [6, 6.07) is 12.7. The second-order valence-corrected chi connectivity index (χ2v) is 7.41. The van der Waals surface area contributed by atoms with E-state index in [-0.39, 0.29) is 11.7 Å². The molecule has 1 aromatic heterocycles. The lowest BCUT2D eigenvalue weighted by molar-refractivity contribution is -0.113. The van der Waals surface area contributed by atoms with Gasteiger partial charge in [0.25, 0.3) is 5.91 Å². The van der Waals surface area contributed by atoms with Gasteiger partial charge in [-0.1, -0.05) is 36.0 Å². The average molecular weight is 425 g/mol. The Balaban J connectivity index is 1.79. The Morgan fingerprint density at radius 2 is 1.97 bits per heavy atom. The molecule has 3 aromatic rings. The number of anilines is 2. The van der Waals surface area contributed by atoms with Crippen molar-refractivity contribution >= 4 is 29.3 Å². The number of nitrogens with one attached hydrogen (secondary N) is 2. The molecule has 0 spiro atoms. The van der Waals surface area contributed by atoms with Gasteiger partial charge in [-0.2, -0.15) is 4.98 Å². The van der Waals surface area contributed by atoms with Gasteiger partial charge in [-0.25, -0.2) is 9.07 Å². The van der Waals surface area contributed by atoms with Crippen LogP contribution >= 0.6 is 11.8 Å². The van der Waals surface area contributed by atoms with Gasteiger partial charge in [0.05, 0.1) is 18.4 Å². The van der Waals surface area contributed by atoms with Crippen molar-refractivity contribution in [3.8, 4) is 5.75 Å². The second kappa shape index (κ2) is 8.19. The van der Waals surface area contributed by atoms with Crippen molar-refractivity contribution in [1.82, 2.24) is 14.8 Å². The first kappa shape index (κ1) is 20.0. The Labute approximate surface area is 177 Å². The summed E-state index contributed by atoms with van der Waals surface area (Å²) < 4.78 is 20.6. The third-order valence-corrected chi connectivity index (χ3v) is 5.34. The molecule has 0 aliphatic carbocycles. The summed E-state index contributed by atoms with van der Waals surface area (Å²) >= 11 is 1.40. The Hall–Kier alpha value is -3.33. The average Bonchev–Trinajstić information content (AvgIpc) is 3.16. The lowest BCUT2D eigenvalue weighted by Gasteiger charge is -2.28. The molecule has 0 unspecified atom stereocenters. The van der Waals surface area contributed by atoms with Crippen molar-refractivity contribution in [2.24, 2.45) is 0 Å². The predicted octanol–water partition coefficient (Wildman–Crippen LogP) is 4.08. The molecule has 0 radical (unpaired) electrons. The molecule has 0 bridgehead atoms. The number of hydrogen-bond donors (Lipinski definition) is 2. The molecule has 1 aliphatic rings. The van der Waals surface area contributed by atoms with E-state index in [0.29, 0.717) is 33.8 Å². The summed E-state index contributed by atoms with van der Waals surface area (Å²) in [5.74, 6) is 0.417. The van der Waals surface area contributed by atoms with Gasteiger partial charge < -0.3 is 15.4 Å². The SMILES string of the molecule is COc1ccccc1NC(=O)C1=C(C)Nc2nc(SC)nn2[C@@H]1c1ccc(F)cc1. The molecule has 7 nitrogen and oxygen atoms in total. The number of thioether (sulfide) groups is 1. The monoisotopic (exact) mass is 425 g/mol. The highest BCUT2D eigenvalue weighted by molar-refractivity contribution is 7.98. The first-order valence-corrected chi connectivity index (χ1v) is 10.4. The van der Waals surface area contributed by atoms with Crippen molar-refractivity contribution in [3.05, 3.63) is 71.2 Å². The molecule has 2 heterocycles. The number of nitrogens with zero attached hydrogens (tertiary/aromatic N) is 3. The Bertz CT molecular complexity index is 1130. The molecule has 1 amide bonds. The maximum atomic E-state index is 13.6. The third kappa shape index (κ3) is 3.63. The van der Waals surface area contributed by atoms with Crippen LogP contribution in [0.1, 0.15) is 18.5 Å². The van der Waals surface area contributed by atoms with E-state index < -0.39 is 6.04 Å². The number of fused-ring (bicyclic) bond motifs is 1. The number of benzene rings is 2. The minimum atomic E-state index is -0.565. The summed E-state index contributed by atoms with van der Waals surface area (Å²) in [6.45, 7) is 1.81. The molecule has 9 heteroatoms. The smallest absolute Gasteiger partial charge is 0.255 e. The fourth-order valence-corrected chi connectivity index (χ4v) is 3.75. The molecular weight excluding hydrogens is 405 g/mol. The van der Waals surface area contributed by atoms with Crippen LogP contribution in [0.2, 0.25) is 0 Å². The van der Waals surface area contributed by atoms with E-state index in [0.717, 1.165) is 5.56 Å². The van der Waals surface area contributed by atoms with Crippen molar-refractivity contribution in [2.75, 3.05) is 24.0 Å². The predicted molar refractivity (Wildman–Crippen MR) is 114 cm³/mol. The molecule has 30 heavy (non-hydrogen) atoms. The molecule has 1 aliphatic heterocycles. The summed E-state index contributed by atoms with van der Waals surface area (Å²) in [5.41, 5.74) is 2.38. The van der Waals surface area contributed by atoms with Crippen LogP contribution in [0.15, 0.2) is 65.0 Å². The number of halogens is 1. The highest BCUT2D eigenvalue weighted by atomic mass is 32.2. The van der Waals surface area contributed by atoms with Gasteiger partial charge in [-0.15, -0.1) is 5.10 Å². The van der Waals surface area contributed by atoms with Crippen molar-refractivity contribution < 1.29 is 13.9 Å². The molecule has 1 atom stereocenters. The summed E-state index contributed by atoms with van der Waals surface area (Å²) in [5, 5.41) is 11.2. The van der Waals surface area contributed by atoms with E-state index in [9.17, 15) is 9.18 Å². The van der Waals surface area contributed by atoms with E-state index in [1.54, 1.807) is 36.1 Å². The van der Waals surface area contributed by atoms with Gasteiger partial charge in [0, 0.05) is 5.70 Å². The minimum absolute atomic E-state index is 0.314. The number of methoxy groups -OCH3 is 1. The number of hydrogen-bond acceptors (Lipinski definition) is 6. The number of ether oxygens (including phenoxy) is 1. The van der Waals surface area contributed by atoms with Gasteiger partial charge in [0.2, 0.25) is 11.1 Å². The number of para-hydroxylation sites is 2. The summed E-state index contributed by atoms with van der Waals surface area (Å²) in [6.07, 6.45) is 1.88. The van der Waals surface area contributed by atoms with Crippen LogP contribution in [0, 0.1) is 5.82 Å². The number of carbonyl (C=O) groups excluding carboxylic acids is 1.